The Balaban J connectivity index is 1.57. The van der Waals surface area contributed by atoms with Crippen LogP contribution < -0.4 is 10.0 Å². The van der Waals surface area contributed by atoms with Gasteiger partial charge in [-0.3, -0.25) is 14.5 Å². The van der Waals surface area contributed by atoms with E-state index in [1.54, 1.807) is 30.3 Å². The van der Waals surface area contributed by atoms with Gasteiger partial charge in [0, 0.05) is 28.4 Å². The molecule has 0 bridgehead atoms. The molecule has 4 aromatic rings. The third-order valence-corrected chi connectivity index (χ3v) is 5.25. The molecule has 0 aliphatic heterocycles. The molecule has 10 heteroatoms. The van der Waals surface area contributed by atoms with E-state index in [2.05, 4.69) is 20.0 Å². The summed E-state index contributed by atoms with van der Waals surface area (Å²) in [5, 5.41) is 3.29. The Morgan fingerprint density at radius 2 is 1.81 bits per heavy atom. The van der Waals surface area contributed by atoms with Crippen molar-refractivity contribution in [3.63, 3.8) is 0 Å². The van der Waals surface area contributed by atoms with E-state index in [1.807, 2.05) is 0 Å². The highest BCUT2D eigenvalue weighted by Gasteiger charge is 2.35. The number of nitrogens with one attached hydrogen (secondary N) is 3. The molecule has 0 fully saturated rings. The quantitative estimate of drug-likeness (QED) is 0.402. The second-order valence-corrected chi connectivity index (χ2v) is 8.93. The smallest absolute Gasteiger partial charge is 0.314 e. The van der Waals surface area contributed by atoms with Crippen molar-refractivity contribution < 1.29 is 22.0 Å². The van der Waals surface area contributed by atoms with Crippen LogP contribution in [0, 0.1) is 0 Å². The van der Waals surface area contributed by atoms with Crippen LogP contribution in [0.1, 0.15) is 21.7 Å². The molecular formula is C22H18F2N4O3S. The van der Waals surface area contributed by atoms with E-state index in [9.17, 15) is 22.0 Å². The SMILES string of the molecule is CS(=O)(=O)Nc1ccc2cc(C(=O)Nc3cccc(C(F)(F)c4ccccn4)c3)[nH]c2c1. The molecule has 1 amide bonds. The van der Waals surface area contributed by atoms with Gasteiger partial charge in [0.2, 0.25) is 10.0 Å². The Bertz CT molecular complexity index is 1400. The number of amides is 1. The lowest BCUT2D eigenvalue weighted by Crippen LogP contribution is -2.18. The zero-order chi connectivity index (χ0) is 22.9. The Kier molecular flexibility index (Phi) is 5.39. The van der Waals surface area contributed by atoms with E-state index in [-0.39, 0.29) is 16.9 Å². The predicted octanol–water partition coefficient (Wildman–Crippen LogP) is 4.33. The van der Waals surface area contributed by atoms with Crippen LogP contribution in [0.25, 0.3) is 10.9 Å². The number of rotatable bonds is 6. The van der Waals surface area contributed by atoms with Crippen LogP contribution in [-0.4, -0.2) is 30.5 Å². The minimum Gasteiger partial charge on any atom is -0.350 e. The summed E-state index contributed by atoms with van der Waals surface area (Å²) in [6.07, 6.45) is 2.33. The number of alkyl halides is 2. The van der Waals surface area contributed by atoms with Gasteiger partial charge >= 0.3 is 5.92 Å². The number of carbonyl (C=O) groups is 1. The normalized spacial score (nSPS) is 12.0. The highest BCUT2D eigenvalue weighted by Crippen LogP contribution is 2.35. The molecule has 7 nitrogen and oxygen atoms in total. The number of benzene rings is 2. The summed E-state index contributed by atoms with van der Waals surface area (Å²) >= 11 is 0. The van der Waals surface area contributed by atoms with Crippen LogP contribution in [0.3, 0.4) is 0 Å². The van der Waals surface area contributed by atoms with E-state index in [0.717, 1.165) is 6.26 Å². The number of H-pyrrole nitrogens is 1. The van der Waals surface area contributed by atoms with Crippen LogP contribution in [0.15, 0.2) is 72.9 Å². The number of fused-ring (bicyclic) bond motifs is 1. The number of aromatic amines is 1. The largest absolute Gasteiger partial charge is 0.350 e. The molecule has 0 saturated carbocycles. The fraction of sp³-hybridized carbons (Fsp3) is 0.0909. The lowest BCUT2D eigenvalue weighted by Gasteiger charge is -2.17. The average molecular weight is 456 g/mol. The van der Waals surface area contributed by atoms with Crippen molar-refractivity contribution in [3.05, 3.63) is 89.9 Å². The molecule has 0 aliphatic rings. The van der Waals surface area contributed by atoms with Crippen molar-refractivity contribution in [2.75, 3.05) is 16.3 Å². The molecule has 2 aromatic heterocycles. The standard InChI is InChI=1S/C22H18F2N4O3S/c1-32(30,31)28-17-9-8-14-11-19(27-18(14)13-17)21(29)26-16-6-4-5-15(12-16)22(23,24)20-7-2-3-10-25-20/h2-13,27-28H,1H3,(H,26,29). The fourth-order valence-corrected chi connectivity index (χ4v) is 3.77. The summed E-state index contributed by atoms with van der Waals surface area (Å²) in [4.78, 5) is 19.3. The number of nitrogens with zero attached hydrogens (tertiary/aromatic N) is 1. The summed E-state index contributed by atoms with van der Waals surface area (Å²) in [7, 11) is -3.44. The number of hydrogen-bond acceptors (Lipinski definition) is 4. The molecule has 2 aromatic carbocycles. The monoisotopic (exact) mass is 456 g/mol. The lowest BCUT2D eigenvalue weighted by atomic mass is 10.0. The Labute approximate surface area is 182 Å². The summed E-state index contributed by atoms with van der Waals surface area (Å²) in [6, 6.07) is 16.0. The maximum absolute atomic E-state index is 14.8. The summed E-state index contributed by atoms with van der Waals surface area (Å²) in [5.41, 5.74) is 0.580. The summed E-state index contributed by atoms with van der Waals surface area (Å²) < 4.78 is 54.7. The zero-order valence-corrected chi connectivity index (χ0v) is 17.6. The lowest BCUT2D eigenvalue weighted by molar-refractivity contribution is 0.0380. The Morgan fingerprint density at radius 1 is 1.00 bits per heavy atom. The molecule has 0 spiro atoms. The molecule has 3 N–H and O–H groups in total. The van der Waals surface area contributed by atoms with Gasteiger partial charge < -0.3 is 10.3 Å². The van der Waals surface area contributed by atoms with Crippen molar-refractivity contribution in [2.24, 2.45) is 0 Å². The molecule has 0 saturated heterocycles. The second kappa shape index (κ2) is 8.04. The van der Waals surface area contributed by atoms with Gasteiger partial charge in [-0.05, 0) is 42.5 Å². The van der Waals surface area contributed by atoms with Crippen molar-refractivity contribution in [2.45, 2.75) is 5.92 Å². The minimum absolute atomic E-state index is 0.193. The van der Waals surface area contributed by atoms with Gasteiger partial charge in [0.15, 0.2) is 0 Å². The number of halogens is 2. The van der Waals surface area contributed by atoms with Gasteiger partial charge in [0.25, 0.3) is 5.91 Å². The topological polar surface area (TPSA) is 104 Å². The maximum atomic E-state index is 14.8. The molecule has 32 heavy (non-hydrogen) atoms. The van der Waals surface area contributed by atoms with Crippen LogP contribution in [0.4, 0.5) is 20.2 Å². The predicted molar refractivity (Wildman–Crippen MR) is 118 cm³/mol. The number of hydrogen-bond donors (Lipinski definition) is 3. The van der Waals surface area contributed by atoms with Crippen molar-refractivity contribution in [1.82, 2.24) is 9.97 Å². The zero-order valence-electron chi connectivity index (χ0n) is 16.8. The summed E-state index contributed by atoms with van der Waals surface area (Å²) in [6.45, 7) is 0. The number of aromatic nitrogens is 2. The van der Waals surface area contributed by atoms with E-state index in [0.29, 0.717) is 16.6 Å². The molecule has 0 atom stereocenters. The Morgan fingerprint density at radius 3 is 2.53 bits per heavy atom. The first-order chi connectivity index (χ1) is 15.1. The average Bonchev–Trinajstić information content (AvgIpc) is 3.17. The van der Waals surface area contributed by atoms with Crippen LogP contribution in [0.5, 0.6) is 0 Å². The number of sulfonamides is 1. The van der Waals surface area contributed by atoms with Crippen LogP contribution in [-0.2, 0) is 15.9 Å². The molecular weight excluding hydrogens is 438 g/mol. The van der Waals surface area contributed by atoms with E-state index in [4.69, 9.17) is 0 Å². The van der Waals surface area contributed by atoms with Crippen molar-refractivity contribution >= 4 is 38.2 Å². The highest BCUT2D eigenvalue weighted by molar-refractivity contribution is 7.92. The third-order valence-electron chi connectivity index (χ3n) is 4.64. The van der Waals surface area contributed by atoms with E-state index < -0.39 is 27.5 Å². The highest BCUT2D eigenvalue weighted by atomic mass is 32.2. The van der Waals surface area contributed by atoms with E-state index >= 15 is 0 Å². The van der Waals surface area contributed by atoms with Crippen LogP contribution >= 0.6 is 0 Å². The maximum Gasteiger partial charge on any atom is 0.314 e. The van der Waals surface area contributed by atoms with Crippen molar-refractivity contribution in [3.8, 4) is 0 Å². The Hall–Kier alpha value is -3.79. The summed E-state index contributed by atoms with van der Waals surface area (Å²) in [5.74, 6) is -3.86. The van der Waals surface area contributed by atoms with Gasteiger partial charge in [-0.2, -0.15) is 8.78 Å². The molecule has 0 radical (unpaired) electrons. The molecule has 2 heterocycles. The third kappa shape index (κ3) is 4.59. The second-order valence-electron chi connectivity index (χ2n) is 7.18. The molecule has 0 aliphatic carbocycles. The van der Waals surface area contributed by atoms with Gasteiger partial charge in [-0.1, -0.05) is 24.3 Å². The van der Waals surface area contributed by atoms with Gasteiger partial charge in [-0.25, -0.2) is 8.42 Å². The molecule has 164 valence electrons. The molecule has 0 unspecified atom stereocenters. The number of pyridine rings is 1. The van der Waals surface area contributed by atoms with Gasteiger partial charge in [0.1, 0.15) is 11.4 Å². The van der Waals surface area contributed by atoms with E-state index in [1.165, 1.54) is 42.6 Å². The van der Waals surface area contributed by atoms with Crippen molar-refractivity contribution in [1.29, 1.82) is 0 Å². The molecule has 4 rings (SSSR count). The first-order valence-electron chi connectivity index (χ1n) is 9.44. The van der Waals surface area contributed by atoms with Gasteiger partial charge in [0.05, 0.1) is 11.9 Å². The minimum atomic E-state index is -3.44. The first-order valence-corrected chi connectivity index (χ1v) is 11.3. The van der Waals surface area contributed by atoms with Crippen LogP contribution in [0.2, 0.25) is 0 Å². The number of anilines is 2. The fourth-order valence-electron chi connectivity index (χ4n) is 3.21. The number of carbonyl (C=O) groups excluding carboxylic acids is 1. The van der Waals surface area contributed by atoms with Gasteiger partial charge in [-0.15, -0.1) is 0 Å². The first kappa shape index (κ1) is 21.4.